The number of aliphatic hydroxyl groups is 2. The Bertz CT molecular complexity index is 803. The summed E-state index contributed by atoms with van der Waals surface area (Å²) in [4.78, 5) is 22.9. The molecule has 0 aliphatic carbocycles. The zero-order valence-corrected chi connectivity index (χ0v) is 14.2. The summed E-state index contributed by atoms with van der Waals surface area (Å²) in [5.41, 5.74) is 6.48. The molecule has 1 aliphatic rings. The Balaban J connectivity index is 1.85. The molecular weight excluding hydrogens is 370 g/mol. The molecule has 0 bridgehead atoms. The van der Waals surface area contributed by atoms with Crippen LogP contribution in [0.15, 0.2) is 6.33 Å². The quantitative estimate of drug-likeness (QED) is 0.264. The summed E-state index contributed by atoms with van der Waals surface area (Å²) in [6, 6.07) is 0. The monoisotopic (exact) mass is 387 g/mol. The van der Waals surface area contributed by atoms with Gasteiger partial charge in [-0.2, -0.15) is 9.97 Å². The van der Waals surface area contributed by atoms with Gasteiger partial charge in [0.1, 0.15) is 23.8 Å². The van der Waals surface area contributed by atoms with E-state index in [0.717, 1.165) is 0 Å². The maximum absolute atomic E-state index is 10.4. The molecule has 26 heavy (non-hydrogen) atoms. The fourth-order valence-corrected chi connectivity index (χ4v) is 2.89. The zero-order chi connectivity index (χ0) is 18.8. The molecule has 12 nitrogen and oxygen atoms in total. The fourth-order valence-electron chi connectivity index (χ4n) is 2.63. The van der Waals surface area contributed by atoms with E-state index in [9.17, 15) is 15.0 Å². The van der Waals surface area contributed by atoms with Gasteiger partial charge in [-0.3, -0.25) is 4.57 Å². The van der Waals surface area contributed by atoms with Crippen LogP contribution in [0, 0.1) is 0 Å². The van der Waals surface area contributed by atoms with Crippen molar-refractivity contribution in [1.29, 1.82) is 0 Å². The Kier molecular flexibility index (Phi) is 5.27. The molecule has 3 rings (SSSR count). The topological polar surface area (TPSA) is 181 Å². The molecular formula is C13H18ClN7O5. The first-order valence-corrected chi connectivity index (χ1v) is 8.24. The summed E-state index contributed by atoms with van der Waals surface area (Å²) in [5, 5.41) is 33.8. The predicted molar refractivity (Wildman–Crippen MR) is 90.9 cm³/mol. The minimum atomic E-state index is -1.22. The number of rotatable bonds is 6. The standard InChI is InChI=1S/C13H18ClN7O5/c14-3-5-7(22)8(23)11(26-5)21-4-18-6-9(15)19-12(20-10(6)21)16-1-2-17-13(24)25/h4-5,7-8,11,17,22-23H,1-3H2,(H,24,25)(H3,15,16,19,20)/t5-,7-,8-,11-/m1/s1. The number of nitrogens with zero attached hydrogens (tertiary/aromatic N) is 4. The van der Waals surface area contributed by atoms with Gasteiger partial charge in [-0.15, -0.1) is 11.6 Å². The van der Waals surface area contributed by atoms with Crippen molar-refractivity contribution in [2.75, 3.05) is 30.0 Å². The summed E-state index contributed by atoms with van der Waals surface area (Å²) < 4.78 is 7.03. The third-order valence-electron chi connectivity index (χ3n) is 3.90. The van der Waals surface area contributed by atoms with Crippen molar-refractivity contribution in [3.8, 4) is 0 Å². The van der Waals surface area contributed by atoms with Gasteiger partial charge in [0, 0.05) is 13.1 Å². The number of anilines is 2. The van der Waals surface area contributed by atoms with Crippen molar-refractivity contribution in [2.24, 2.45) is 0 Å². The van der Waals surface area contributed by atoms with E-state index in [0.29, 0.717) is 5.52 Å². The van der Waals surface area contributed by atoms with Gasteiger partial charge in [-0.1, -0.05) is 0 Å². The van der Waals surface area contributed by atoms with Crippen molar-refractivity contribution in [3.05, 3.63) is 6.33 Å². The average molecular weight is 388 g/mol. The number of alkyl halides is 1. The SMILES string of the molecule is Nc1nc(NCCNC(=O)O)nc2c1ncn2[C@@H]1O[C@H](CCl)[C@@H](O)[C@H]1O. The van der Waals surface area contributed by atoms with Gasteiger partial charge < -0.3 is 36.4 Å². The first-order valence-electron chi connectivity index (χ1n) is 7.70. The molecule has 2 aromatic rings. The molecule has 13 heteroatoms. The number of hydrogen-bond donors (Lipinski definition) is 6. The number of hydrogen-bond acceptors (Lipinski definition) is 9. The Labute approximate surface area is 152 Å². The molecule has 0 saturated carbocycles. The lowest BCUT2D eigenvalue weighted by atomic mass is 10.1. The van der Waals surface area contributed by atoms with Crippen molar-refractivity contribution in [1.82, 2.24) is 24.8 Å². The van der Waals surface area contributed by atoms with Crippen LogP contribution in [0.5, 0.6) is 0 Å². The van der Waals surface area contributed by atoms with Crippen LogP contribution in [0.4, 0.5) is 16.6 Å². The zero-order valence-electron chi connectivity index (χ0n) is 13.4. The second kappa shape index (κ2) is 7.45. The van der Waals surface area contributed by atoms with Crippen LogP contribution in [0.2, 0.25) is 0 Å². The number of aromatic nitrogens is 4. The number of ether oxygens (including phenoxy) is 1. The largest absolute Gasteiger partial charge is 0.465 e. The molecule has 7 N–H and O–H groups in total. The third kappa shape index (κ3) is 3.44. The molecule has 3 heterocycles. The number of halogens is 1. The number of nitrogen functional groups attached to an aromatic ring is 1. The van der Waals surface area contributed by atoms with Crippen molar-refractivity contribution in [2.45, 2.75) is 24.5 Å². The van der Waals surface area contributed by atoms with Crippen LogP contribution < -0.4 is 16.4 Å². The fraction of sp³-hybridized carbons (Fsp3) is 0.538. The van der Waals surface area contributed by atoms with Crippen molar-refractivity contribution >= 4 is 40.6 Å². The van der Waals surface area contributed by atoms with Crippen LogP contribution in [-0.2, 0) is 4.74 Å². The molecule has 1 saturated heterocycles. The minimum Gasteiger partial charge on any atom is -0.465 e. The molecule has 2 aromatic heterocycles. The second-order valence-electron chi connectivity index (χ2n) is 5.62. The number of carbonyl (C=O) groups is 1. The number of nitrogens with two attached hydrogens (primary N) is 1. The van der Waals surface area contributed by atoms with Crippen LogP contribution in [0.1, 0.15) is 6.23 Å². The molecule has 1 fully saturated rings. The second-order valence-corrected chi connectivity index (χ2v) is 5.92. The molecule has 1 aliphatic heterocycles. The summed E-state index contributed by atoms with van der Waals surface area (Å²) in [7, 11) is 0. The van der Waals surface area contributed by atoms with Crippen molar-refractivity contribution in [3.63, 3.8) is 0 Å². The summed E-state index contributed by atoms with van der Waals surface area (Å²) in [5.74, 6) is 0.275. The van der Waals surface area contributed by atoms with Gasteiger partial charge in [-0.25, -0.2) is 9.78 Å². The van der Waals surface area contributed by atoms with Crippen LogP contribution >= 0.6 is 11.6 Å². The molecule has 4 atom stereocenters. The minimum absolute atomic E-state index is 0.0157. The van der Waals surface area contributed by atoms with E-state index in [1.807, 2.05) is 0 Å². The van der Waals surface area contributed by atoms with Gasteiger partial charge in [0.05, 0.1) is 12.2 Å². The van der Waals surface area contributed by atoms with E-state index < -0.39 is 30.6 Å². The van der Waals surface area contributed by atoms with Gasteiger partial charge in [0.15, 0.2) is 17.7 Å². The van der Waals surface area contributed by atoms with Gasteiger partial charge >= 0.3 is 6.09 Å². The predicted octanol–water partition coefficient (Wildman–Crippen LogP) is -1.05. The molecule has 142 valence electrons. The Morgan fingerprint density at radius 1 is 1.35 bits per heavy atom. The number of imidazole rings is 1. The normalized spacial score (nSPS) is 25.5. The van der Waals surface area contributed by atoms with Crippen LogP contribution in [-0.4, -0.2) is 78.2 Å². The highest BCUT2D eigenvalue weighted by molar-refractivity contribution is 6.18. The van der Waals surface area contributed by atoms with Gasteiger partial charge in [0.2, 0.25) is 5.95 Å². The van der Waals surface area contributed by atoms with Crippen LogP contribution in [0.3, 0.4) is 0 Å². The number of fused-ring (bicyclic) bond motifs is 1. The number of nitrogens with one attached hydrogen (secondary N) is 2. The van der Waals surface area contributed by atoms with Gasteiger partial charge in [0.25, 0.3) is 0 Å². The number of carboxylic acid groups (broad SMARTS) is 1. The van der Waals surface area contributed by atoms with E-state index in [2.05, 4.69) is 25.6 Å². The lowest BCUT2D eigenvalue weighted by Gasteiger charge is -2.16. The van der Waals surface area contributed by atoms with Crippen LogP contribution in [0.25, 0.3) is 11.2 Å². The molecule has 0 unspecified atom stereocenters. The average Bonchev–Trinajstić information content (AvgIpc) is 3.14. The maximum Gasteiger partial charge on any atom is 0.404 e. The molecule has 0 aromatic carbocycles. The smallest absolute Gasteiger partial charge is 0.404 e. The number of aliphatic hydroxyl groups excluding tert-OH is 2. The Hall–Kier alpha value is -2.41. The molecule has 0 radical (unpaired) electrons. The summed E-state index contributed by atoms with van der Waals surface area (Å²) in [6.07, 6.45) is -3.79. The number of amides is 1. The third-order valence-corrected chi connectivity index (χ3v) is 4.20. The lowest BCUT2D eigenvalue weighted by molar-refractivity contribution is -0.0291. The lowest BCUT2D eigenvalue weighted by Crippen LogP contribution is -2.32. The van der Waals surface area contributed by atoms with E-state index in [4.69, 9.17) is 27.2 Å². The maximum atomic E-state index is 10.4. The highest BCUT2D eigenvalue weighted by atomic mass is 35.5. The molecule has 0 spiro atoms. The molecule has 1 amide bonds. The van der Waals surface area contributed by atoms with Gasteiger partial charge in [-0.05, 0) is 0 Å². The van der Waals surface area contributed by atoms with E-state index in [1.54, 1.807) is 0 Å². The van der Waals surface area contributed by atoms with E-state index in [1.165, 1.54) is 10.9 Å². The highest BCUT2D eigenvalue weighted by Crippen LogP contribution is 2.32. The Morgan fingerprint density at radius 3 is 2.77 bits per heavy atom. The van der Waals surface area contributed by atoms with E-state index >= 15 is 0 Å². The first-order chi connectivity index (χ1) is 12.4. The van der Waals surface area contributed by atoms with Crippen molar-refractivity contribution < 1.29 is 24.9 Å². The summed E-state index contributed by atoms with van der Waals surface area (Å²) >= 11 is 5.73. The van der Waals surface area contributed by atoms with E-state index in [-0.39, 0.29) is 36.4 Å². The highest BCUT2D eigenvalue weighted by Gasteiger charge is 2.43. The Morgan fingerprint density at radius 2 is 2.12 bits per heavy atom. The first kappa shape index (κ1) is 18.4. The summed E-state index contributed by atoms with van der Waals surface area (Å²) in [6.45, 7) is 0.380.